The Balaban J connectivity index is 2.34. The second-order valence-corrected chi connectivity index (χ2v) is 3.39. The van der Waals surface area contributed by atoms with Gasteiger partial charge in [-0.3, -0.25) is 4.79 Å². The van der Waals surface area contributed by atoms with Gasteiger partial charge in [-0.2, -0.15) is 4.73 Å². The zero-order chi connectivity index (χ0) is 11.5. The molecule has 4 nitrogen and oxygen atoms in total. The van der Waals surface area contributed by atoms with Gasteiger partial charge >= 0.3 is 0 Å². The molecular formula is C12H10N2O2. The van der Waals surface area contributed by atoms with Crippen molar-refractivity contribution in [1.82, 2.24) is 0 Å². The summed E-state index contributed by atoms with van der Waals surface area (Å²) >= 11 is 0. The number of hydrogen-bond donors (Lipinski definition) is 1. The number of hydrogen-bond acceptors (Lipinski definition) is 2. The largest absolute Gasteiger partial charge is 0.619 e. The fraction of sp³-hybridized carbons (Fsp3) is 0. The molecule has 0 saturated heterocycles. The number of rotatable bonds is 2. The van der Waals surface area contributed by atoms with Gasteiger partial charge in [-0.15, -0.1) is 0 Å². The Morgan fingerprint density at radius 2 is 1.50 bits per heavy atom. The van der Waals surface area contributed by atoms with E-state index in [1.165, 1.54) is 12.4 Å². The molecule has 1 amide bonds. The van der Waals surface area contributed by atoms with Crippen molar-refractivity contribution < 1.29 is 9.52 Å². The summed E-state index contributed by atoms with van der Waals surface area (Å²) < 4.78 is 0.723. The molecule has 0 unspecified atom stereocenters. The molecule has 0 radical (unpaired) electrons. The molecule has 0 fully saturated rings. The van der Waals surface area contributed by atoms with Gasteiger partial charge in [0.2, 0.25) is 5.91 Å². The van der Waals surface area contributed by atoms with Crippen molar-refractivity contribution in [3.63, 3.8) is 0 Å². The first kappa shape index (κ1) is 10.2. The maximum Gasteiger partial charge on any atom is 0.248 e. The average molecular weight is 214 g/mol. The number of amides is 1. The van der Waals surface area contributed by atoms with Crippen LogP contribution in [0.4, 0.5) is 0 Å². The quantitative estimate of drug-likeness (QED) is 0.600. The smallest absolute Gasteiger partial charge is 0.248 e. The Hall–Kier alpha value is -2.36. The van der Waals surface area contributed by atoms with Crippen LogP contribution in [-0.2, 0) is 0 Å². The summed E-state index contributed by atoms with van der Waals surface area (Å²) in [6.07, 6.45) is 2.86. The minimum Gasteiger partial charge on any atom is -0.619 e. The van der Waals surface area contributed by atoms with Crippen LogP contribution in [0, 0.1) is 5.21 Å². The predicted octanol–water partition coefficient (Wildman–Crippen LogP) is 1.09. The van der Waals surface area contributed by atoms with Gasteiger partial charge in [0.05, 0.1) is 0 Å². The molecule has 2 aromatic rings. The Morgan fingerprint density at radius 3 is 2.00 bits per heavy atom. The molecule has 1 aromatic heterocycles. The second-order valence-electron chi connectivity index (χ2n) is 3.39. The summed E-state index contributed by atoms with van der Waals surface area (Å²) in [4.78, 5) is 10.9. The van der Waals surface area contributed by atoms with Crippen molar-refractivity contribution >= 4 is 5.91 Å². The van der Waals surface area contributed by atoms with Gasteiger partial charge in [0, 0.05) is 17.7 Å². The van der Waals surface area contributed by atoms with E-state index in [0.717, 1.165) is 15.9 Å². The van der Waals surface area contributed by atoms with E-state index < -0.39 is 5.91 Å². The summed E-state index contributed by atoms with van der Waals surface area (Å²) in [5, 5.41) is 10.9. The Bertz CT molecular complexity index is 504. The van der Waals surface area contributed by atoms with Gasteiger partial charge in [0.25, 0.3) is 0 Å². The highest BCUT2D eigenvalue weighted by molar-refractivity contribution is 5.93. The lowest BCUT2D eigenvalue weighted by Crippen LogP contribution is -2.23. The lowest BCUT2D eigenvalue weighted by molar-refractivity contribution is -0.605. The molecule has 0 bridgehead atoms. The molecule has 80 valence electrons. The summed E-state index contributed by atoms with van der Waals surface area (Å²) in [5.74, 6) is -0.447. The normalized spacial score (nSPS) is 10.0. The number of benzene rings is 1. The number of carbonyl (C=O) groups is 1. The Labute approximate surface area is 92.5 Å². The first-order chi connectivity index (χ1) is 7.66. The number of aromatic nitrogens is 1. The number of primary amides is 1. The standard InChI is InChI=1S/C12H10N2O2/c13-12(15)11-3-1-9(2-4-11)10-5-7-14(16)8-6-10/h1-8H,(H2,13,15). The van der Waals surface area contributed by atoms with Gasteiger partial charge in [-0.05, 0) is 23.3 Å². The van der Waals surface area contributed by atoms with E-state index in [0.29, 0.717) is 5.56 Å². The highest BCUT2D eigenvalue weighted by Crippen LogP contribution is 2.17. The third-order valence-corrected chi connectivity index (χ3v) is 2.30. The van der Waals surface area contributed by atoms with Crippen molar-refractivity contribution in [2.45, 2.75) is 0 Å². The molecule has 2 rings (SSSR count). The summed E-state index contributed by atoms with van der Waals surface area (Å²) in [6.45, 7) is 0. The van der Waals surface area contributed by atoms with E-state index in [1.54, 1.807) is 36.4 Å². The minimum atomic E-state index is -0.447. The van der Waals surface area contributed by atoms with E-state index in [4.69, 9.17) is 5.73 Å². The molecule has 1 heterocycles. The lowest BCUT2D eigenvalue weighted by Gasteiger charge is -2.02. The van der Waals surface area contributed by atoms with Crippen molar-refractivity contribution in [3.05, 3.63) is 59.6 Å². The van der Waals surface area contributed by atoms with Crippen LogP contribution in [0.3, 0.4) is 0 Å². The molecule has 0 spiro atoms. The Kier molecular flexibility index (Phi) is 2.55. The van der Waals surface area contributed by atoms with Gasteiger partial charge in [0.15, 0.2) is 12.4 Å². The van der Waals surface area contributed by atoms with Gasteiger partial charge in [-0.1, -0.05) is 12.1 Å². The number of nitrogens with two attached hydrogens (primary N) is 1. The van der Waals surface area contributed by atoms with Gasteiger partial charge in [-0.25, -0.2) is 0 Å². The summed E-state index contributed by atoms with van der Waals surface area (Å²) in [7, 11) is 0. The molecular weight excluding hydrogens is 204 g/mol. The predicted molar refractivity (Wildman–Crippen MR) is 59.4 cm³/mol. The van der Waals surface area contributed by atoms with Gasteiger partial charge < -0.3 is 10.9 Å². The van der Waals surface area contributed by atoms with Gasteiger partial charge in [0.1, 0.15) is 0 Å². The SMILES string of the molecule is NC(=O)c1ccc(-c2cc[n+]([O-])cc2)cc1. The first-order valence-corrected chi connectivity index (χ1v) is 4.76. The van der Waals surface area contributed by atoms with E-state index in [2.05, 4.69) is 0 Å². The zero-order valence-electron chi connectivity index (χ0n) is 8.46. The molecule has 1 aromatic carbocycles. The highest BCUT2D eigenvalue weighted by Gasteiger charge is 2.02. The first-order valence-electron chi connectivity index (χ1n) is 4.76. The van der Waals surface area contributed by atoms with E-state index in [-0.39, 0.29) is 0 Å². The average Bonchev–Trinajstić information content (AvgIpc) is 2.30. The van der Waals surface area contributed by atoms with Crippen LogP contribution in [0.5, 0.6) is 0 Å². The van der Waals surface area contributed by atoms with Crippen molar-refractivity contribution in [3.8, 4) is 11.1 Å². The number of carbonyl (C=O) groups excluding carboxylic acids is 1. The molecule has 0 aliphatic rings. The summed E-state index contributed by atoms with van der Waals surface area (Å²) in [5.41, 5.74) is 7.46. The molecule has 0 aliphatic heterocycles. The third kappa shape index (κ3) is 2.00. The van der Waals surface area contributed by atoms with E-state index in [1.807, 2.05) is 0 Å². The molecule has 2 N–H and O–H groups in total. The van der Waals surface area contributed by atoms with Crippen molar-refractivity contribution in [2.75, 3.05) is 0 Å². The number of nitrogens with zero attached hydrogens (tertiary/aromatic N) is 1. The van der Waals surface area contributed by atoms with Crippen molar-refractivity contribution in [1.29, 1.82) is 0 Å². The maximum atomic E-state index is 10.9. The second kappa shape index (κ2) is 4.02. The lowest BCUT2D eigenvalue weighted by atomic mass is 10.1. The fourth-order valence-corrected chi connectivity index (χ4v) is 1.43. The van der Waals surface area contributed by atoms with Crippen LogP contribution in [0.15, 0.2) is 48.8 Å². The molecule has 0 aliphatic carbocycles. The van der Waals surface area contributed by atoms with Crippen LogP contribution in [0.1, 0.15) is 10.4 Å². The van der Waals surface area contributed by atoms with Crippen LogP contribution in [-0.4, -0.2) is 5.91 Å². The monoisotopic (exact) mass is 214 g/mol. The van der Waals surface area contributed by atoms with E-state index in [9.17, 15) is 10.0 Å². The van der Waals surface area contributed by atoms with Crippen LogP contribution < -0.4 is 10.5 Å². The topological polar surface area (TPSA) is 70.0 Å². The minimum absolute atomic E-state index is 0.447. The molecule has 4 heteroatoms. The maximum absolute atomic E-state index is 10.9. The van der Waals surface area contributed by atoms with Crippen molar-refractivity contribution in [2.24, 2.45) is 5.73 Å². The zero-order valence-corrected chi connectivity index (χ0v) is 8.46. The molecule has 16 heavy (non-hydrogen) atoms. The molecule has 0 atom stereocenters. The van der Waals surface area contributed by atoms with Crippen LogP contribution in [0.25, 0.3) is 11.1 Å². The number of pyridine rings is 1. The molecule has 0 saturated carbocycles. The Morgan fingerprint density at radius 1 is 1.00 bits per heavy atom. The third-order valence-electron chi connectivity index (χ3n) is 2.30. The summed E-state index contributed by atoms with van der Waals surface area (Å²) in [6, 6.07) is 10.3. The fourth-order valence-electron chi connectivity index (χ4n) is 1.43. The van der Waals surface area contributed by atoms with Crippen LogP contribution in [0.2, 0.25) is 0 Å². The van der Waals surface area contributed by atoms with Crippen LogP contribution >= 0.6 is 0 Å². The highest BCUT2D eigenvalue weighted by atomic mass is 16.5. The van der Waals surface area contributed by atoms with E-state index >= 15 is 0 Å².